The lowest BCUT2D eigenvalue weighted by Crippen LogP contribution is -2.42. The van der Waals surface area contributed by atoms with E-state index in [9.17, 15) is 24.3 Å². The van der Waals surface area contributed by atoms with Crippen LogP contribution in [0.2, 0.25) is 0 Å². The monoisotopic (exact) mass is 728 g/mol. The van der Waals surface area contributed by atoms with Gasteiger partial charge >= 0.3 is 11.9 Å². The third-order valence-corrected chi connectivity index (χ3v) is 8.51. The van der Waals surface area contributed by atoms with Crippen molar-refractivity contribution in [3.8, 4) is 23.0 Å². The lowest BCUT2D eigenvalue weighted by molar-refractivity contribution is -0.139. The van der Waals surface area contributed by atoms with Crippen LogP contribution in [0.5, 0.6) is 23.0 Å². The SMILES string of the molecule is CCCCCCCOc1ccc(C(=O)Oc2ccc(C[C@H](NC(=O)c3ccc(NC(=O)Cc4ccccc4Oc4ccccc4)cc3)C(=O)O)cc2)cc1. The summed E-state index contributed by atoms with van der Waals surface area (Å²) < 4.78 is 17.2. The van der Waals surface area contributed by atoms with Crippen LogP contribution in [-0.4, -0.2) is 41.5 Å². The fraction of sp³-hybridized carbons (Fsp3) is 0.227. The number of rotatable bonds is 19. The van der Waals surface area contributed by atoms with Crippen LogP contribution >= 0.6 is 0 Å². The first-order valence-electron chi connectivity index (χ1n) is 18.1. The predicted molar refractivity (Wildman–Crippen MR) is 206 cm³/mol. The number of unbranched alkanes of at least 4 members (excludes halogenated alkanes) is 4. The first-order chi connectivity index (χ1) is 26.3. The quantitative estimate of drug-likeness (QED) is 0.0436. The van der Waals surface area contributed by atoms with Crippen molar-refractivity contribution in [2.45, 2.75) is 57.9 Å². The number of nitrogens with one attached hydrogen (secondary N) is 2. The van der Waals surface area contributed by atoms with Crippen LogP contribution in [0.3, 0.4) is 0 Å². The van der Waals surface area contributed by atoms with Gasteiger partial charge in [-0.05, 0) is 90.8 Å². The van der Waals surface area contributed by atoms with Crippen LogP contribution in [0.15, 0.2) is 127 Å². The molecule has 54 heavy (non-hydrogen) atoms. The van der Waals surface area contributed by atoms with Crippen molar-refractivity contribution < 1.29 is 38.5 Å². The molecule has 3 N–H and O–H groups in total. The van der Waals surface area contributed by atoms with Crippen LogP contribution in [0.4, 0.5) is 5.69 Å². The zero-order valence-electron chi connectivity index (χ0n) is 30.2. The number of hydrogen-bond acceptors (Lipinski definition) is 7. The average molecular weight is 729 g/mol. The van der Waals surface area contributed by atoms with Gasteiger partial charge in [-0.2, -0.15) is 0 Å². The molecule has 5 rings (SSSR count). The lowest BCUT2D eigenvalue weighted by atomic mass is 10.0. The van der Waals surface area contributed by atoms with E-state index in [0.29, 0.717) is 52.0 Å². The predicted octanol–water partition coefficient (Wildman–Crippen LogP) is 8.65. The third kappa shape index (κ3) is 12.1. The molecule has 0 aliphatic carbocycles. The zero-order chi connectivity index (χ0) is 38.1. The van der Waals surface area contributed by atoms with E-state index in [1.807, 2.05) is 48.5 Å². The highest BCUT2D eigenvalue weighted by molar-refractivity contribution is 5.98. The summed E-state index contributed by atoms with van der Waals surface area (Å²) in [4.78, 5) is 50.6. The molecule has 1 atom stereocenters. The van der Waals surface area contributed by atoms with E-state index in [2.05, 4.69) is 17.6 Å². The fourth-order valence-electron chi connectivity index (χ4n) is 5.57. The van der Waals surface area contributed by atoms with E-state index in [1.54, 1.807) is 66.7 Å². The van der Waals surface area contributed by atoms with Crippen molar-refractivity contribution in [2.75, 3.05) is 11.9 Å². The molecule has 5 aromatic carbocycles. The maximum Gasteiger partial charge on any atom is 0.343 e. The van der Waals surface area contributed by atoms with Crippen molar-refractivity contribution in [1.29, 1.82) is 0 Å². The molecule has 0 bridgehead atoms. The van der Waals surface area contributed by atoms with E-state index < -0.39 is 23.9 Å². The van der Waals surface area contributed by atoms with E-state index in [0.717, 1.165) is 12.8 Å². The van der Waals surface area contributed by atoms with E-state index in [4.69, 9.17) is 14.2 Å². The molecule has 0 heterocycles. The third-order valence-electron chi connectivity index (χ3n) is 8.51. The van der Waals surface area contributed by atoms with Crippen LogP contribution in [0.1, 0.15) is 70.9 Å². The number of carboxylic acids is 1. The molecule has 0 radical (unpaired) electrons. The molecule has 0 aliphatic rings. The summed E-state index contributed by atoms with van der Waals surface area (Å²) in [5, 5.41) is 15.2. The Labute approximate surface area is 315 Å². The maximum atomic E-state index is 13.0. The minimum Gasteiger partial charge on any atom is -0.494 e. The summed E-state index contributed by atoms with van der Waals surface area (Å²) in [6, 6.07) is 34.8. The number of benzene rings is 5. The summed E-state index contributed by atoms with van der Waals surface area (Å²) >= 11 is 0. The molecule has 10 heteroatoms. The second kappa shape index (κ2) is 20.0. The second-order valence-electron chi connectivity index (χ2n) is 12.7. The number of esters is 1. The molecule has 0 aliphatic heterocycles. The van der Waals surface area contributed by atoms with Crippen molar-refractivity contribution in [1.82, 2.24) is 5.32 Å². The van der Waals surface area contributed by atoms with Gasteiger partial charge in [-0.25, -0.2) is 9.59 Å². The summed E-state index contributed by atoms with van der Waals surface area (Å²) in [5.41, 5.74) is 2.40. The Morgan fingerprint density at radius 1 is 0.667 bits per heavy atom. The molecule has 0 aromatic heterocycles. The Bertz CT molecular complexity index is 1980. The minimum atomic E-state index is -1.22. The fourth-order valence-corrected chi connectivity index (χ4v) is 5.57. The van der Waals surface area contributed by atoms with Crippen LogP contribution < -0.4 is 24.8 Å². The zero-order valence-corrected chi connectivity index (χ0v) is 30.2. The molecule has 10 nitrogen and oxygen atoms in total. The van der Waals surface area contributed by atoms with Gasteiger partial charge in [0.2, 0.25) is 5.91 Å². The number of aliphatic carboxylic acids is 1. The summed E-state index contributed by atoms with van der Waals surface area (Å²) in [7, 11) is 0. The molecule has 2 amide bonds. The van der Waals surface area contributed by atoms with E-state index >= 15 is 0 Å². The van der Waals surface area contributed by atoms with Gasteiger partial charge in [0.1, 0.15) is 29.0 Å². The smallest absolute Gasteiger partial charge is 0.343 e. The van der Waals surface area contributed by atoms with Crippen molar-refractivity contribution in [2.24, 2.45) is 0 Å². The van der Waals surface area contributed by atoms with Gasteiger partial charge in [-0.3, -0.25) is 9.59 Å². The Hall–Kier alpha value is -6.42. The van der Waals surface area contributed by atoms with Crippen molar-refractivity contribution in [3.05, 3.63) is 150 Å². The Morgan fingerprint density at radius 3 is 2.02 bits per heavy atom. The number of para-hydroxylation sites is 2. The number of carbonyl (C=O) groups excluding carboxylic acids is 3. The second-order valence-corrected chi connectivity index (χ2v) is 12.7. The topological polar surface area (TPSA) is 140 Å². The van der Waals surface area contributed by atoms with E-state index in [-0.39, 0.29) is 24.3 Å². The van der Waals surface area contributed by atoms with Gasteiger partial charge in [0.05, 0.1) is 18.6 Å². The van der Waals surface area contributed by atoms with Gasteiger partial charge in [-0.15, -0.1) is 0 Å². The first kappa shape index (κ1) is 38.8. The number of ether oxygens (including phenoxy) is 3. The maximum absolute atomic E-state index is 13.0. The first-order valence-corrected chi connectivity index (χ1v) is 18.1. The molecular formula is C44H44N2O8. The standard InChI is InChI=1S/C44H44N2O8/c1-2-3-4-5-11-28-52-36-26-20-33(21-27-36)44(51)54-38-24-16-31(17-25-38)29-39(43(49)50)46-42(48)32-18-22-35(23-19-32)45-41(47)30-34-12-9-10-15-40(34)53-37-13-7-6-8-14-37/h6-10,12-27,39H,2-5,11,28-30H2,1H3,(H,45,47)(H,46,48)(H,49,50)/t39-/m0/s1. The minimum absolute atomic E-state index is 0.00102. The van der Waals surface area contributed by atoms with Crippen LogP contribution in [0.25, 0.3) is 0 Å². The number of carboxylic acid groups (broad SMARTS) is 1. The number of amides is 2. The highest BCUT2D eigenvalue weighted by Gasteiger charge is 2.22. The van der Waals surface area contributed by atoms with Gasteiger partial charge in [-0.1, -0.05) is 81.1 Å². The van der Waals surface area contributed by atoms with Gasteiger partial charge in [0.15, 0.2) is 0 Å². The van der Waals surface area contributed by atoms with Crippen molar-refractivity contribution >= 4 is 29.4 Å². The molecule has 0 spiro atoms. The molecule has 0 saturated carbocycles. The molecule has 278 valence electrons. The largest absolute Gasteiger partial charge is 0.494 e. The van der Waals surface area contributed by atoms with Crippen LogP contribution in [0, 0.1) is 0 Å². The van der Waals surface area contributed by atoms with Gasteiger partial charge in [0.25, 0.3) is 5.91 Å². The number of anilines is 1. The average Bonchev–Trinajstić information content (AvgIpc) is 3.18. The summed E-state index contributed by atoms with van der Waals surface area (Å²) in [6.45, 7) is 2.81. The molecule has 0 unspecified atom stereocenters. The van der Waals surface area contributed by atoms with Crippen LogP contribution in [-0.2, 0) is 22.4 Å². The normalized spacial score (nSPS) is 11.2. The molecule has 0 saturated heterocycles. The number of carbonyl (C=O) groups is 4. The van der Waals surface area contributed by atoms with Gasteiger partial charge in [0, 0.05) is 23.2 Å². The Balaban J connectivity index is 1.08. The highest BCUT2D eigenvalue weighted by Crippen LogP contribution is 2.26. The Kier molecular flexibility index (Phi) is 14.4. The molecular weight excluding hydrogens is 684 g/mol. The van der Waals surface area contributed by atoms with E-state index in [1.165, 1.54) is 31.4 Å². The van der Waals surface area contributed by atoms with Crippen molar-refractivity contribution in [3.63, 3.8) is 0 Å². The Morgan fingerprint density at radius 2 is 1.31 bits per heavy atom. The molecule has 0 fully saturated rings. The number of hydrogen-bond donors (Lipinski definition) is 3. The van der Waals surface area contributed by atoms with Gasteiger partial charge < -0.3 is 30.0 Å². The highest BCUT2D eigenvalue weighted by atomic mass is 16.5. The summed E-state index contributed by atoms with van der Waals surface area (Å²) in [5.74, 6) is -0.373. The lowest BCUT2D eigenvalue weighted by Gasteiger charge is -2.15. The summed E-state index contributed by atoms with van der Waals surface area (Å²) in [6.07, 6.45) is 5.81. The molecule has 5 aromatic rings.